The van der Waals surface area contributed by atoms with E-state index in [1.165, 1.54) is 12.1 Å². The molecule has 0 bridgehead atoms. The predicted octanol–water partition coefficient (Wildman–Crippen LogP) is 7.89. The molecule has 8 rings (SSSR count). The van der Waals surface area contributed by atoms with E-state index in [1.54, 1.807) is 18.2 Å². The van der Waals surface area contributed by atoms with Crippen LogP contribution in [-0.4, -0.2) is 68.7 Å². The Bertz CT molecular complexity index is 2940. The molecule has 0 fully saturated rings. The quantitative estimate of drug-likeness (QED) is 0.0944. The van der Waals surface area contributed by atoms with Gasteiger partial charge in [-0.2, -0.15) is 16.8 Å². The molecule has 1 unspecified atom stereocenters. The Morgan fingerprint density at radius 3 is 2.15 bits per heavy atom. The molecule has 2 aromatic heterocycles. The molecule has 1 amide bonds. The summed E-state index contributed by atoms with van der Waals surface area (Å²) in [5.41, 5.74) is 1.35. The second kappa shape index (κ2) is 13.6. The Morgan fingerprint density at radius 2 is 1.53 bits per heavy atom. The van der Waals surface area contributed by atoms with E-state index in [9.17, 15) is 30.7 Å². The molecule has 0 saturated heterocycles. The summed E-state index contributed by atoms with van der Waals surface area (Å²) < 4.78 is 109. The highest BCUT2D eigenvalue weighted by Crippen LogP contribution is 2.59. The van der Waals surface area contributed by atoms with Gasteiger partial charge < -0.3 is 15.0 Å². The minimum absolute atomic E-state index is 0.0373. The zero-order valence-corrected chi connectivity index (χ0v) is 36.7. The van der Waals surface area contributed by atoms with Gasteiger partial charge in [-0.05, 0) is 101 Å². The number of allylic oxidation sites excluding steroid dienone is 1. The van der Waals surface area contributed by atoms with E-state index in [0.29, 0.717) is 60.4 Å². The van der Waals surface area contributed by atoms with Crippen molar-refractivity contribution in [2.45, 2.75) is 64.5 Å². The van der Waals surface area contributed by atoms with Crippen LogP contribution in [-0.2, 0) is 36.1 Å². The standard InChI is InChI=1S/C41H37F2N3O8S5/c1-9-10-44-32(47)19-55-31-12-20(42)11-24(36(31)43)35-22-13-21-28(45(7)39(2,3)25-15-33(56-37(21)25)58(48,49)50)17-29(22)54-30-18-41(6)27(14-23(30)35)38-26(40(4,5)46(41)8)16-34(57-38)59(51,52)53/h1,11-18H,10,19H2,2-8H3,(H,44,47)(H,48,49,50)(H,51,52,53). The number of benzene rings is 2. The number of ether oxygens (including phenoxy) is 1. The second-order valence-electron chi connectivity index (χ2n) is 15.8. The largest absolute Gasteiger partial charge is 0.456 e. The summed E-state index contributed by atoms with van der Waals surface area (Å²) in [6.45, 7) is 9.60. The number of carbonyl (C=O) groups excluding carboxylic acids is 1. The fourth-order valence-electron chi connectivity index (χ4n) is 8.23. The third-order valence-corrected chi connectivity index (χ3v) is 17.8. The van der Waals surface area contributed by atoms with E-state index in [1.807, 2.05) is 64.6 Å². The Labute approximate surface area is 353 Å². The lowest BCUT2D eigenvalue weighted by Gasteiger charge is -2.53. The van der Waals surface area contributed by atoms with Crippen LogP contribution in [0.5, 0.6) is 5.75 Å². The number of halogens is 2. The molecule has 5 heterocycles. The van der Waals surface area contributed by atoms with Crippen molar-refractivity contribution in [1.29, 1.82) is 0 Å². The Balaban J connectivity index is 1.44. The molecule has 4 aromatic rings. The van der Waals surface area contributed by atoms with Crippen molar-refractivity contribution in [1.82, 2.24) is 10.2 Å². The molecule has 18 heteroatoms. The number of rotatable bonds is 7. The van der Waals surface area contributed by atoms with Crippen LogP contribution in [0.4, 0.5) is 14.5 Å². The van der Waals surface area contributed by atoms with Crippen molar-refractivity contribution in [2.24, 2.45) is 0 Å². The molecule has 3 aliphatic heterocycles. The van der Waals surface area contributed by atoms with Gasteiger partial charge in [-0.3, -0.25) is 18.8 Å². The fourth-order valence-corrected chi connectivity index (χ4v) is 13.2. The highest BCUT2D eigenvalue weighted by molar-refractivity contribution is 8.00. The first-order valence-electron chi connectivity index (χ1n) is 18.0. The van der Waals surface area contributed by atoms with Crippen LogP contribution >= 0.6 is 34.4 Å². The minimum atomic E-state index is -4.59. The molecule has 2 aromatic carbocycles. The summed E-state index contributed by atoms with van der Waals surface area (Å²) in [5.74, 6) is 0.558. The van der Waals surface area contributed by atoms with Gasteiger partial charge in [-0.25, -0.2) is 8.78 Å². The van der Waals surface area contributed by atoms with Gasteiger partial charge in [0.1, 0.15) is 31.6 Å². The number of thiophene rings is 2. The number of nitrogens with zero attached hydrogens (tertiary/aromatic N) is 2. The monoisotopic (exact) mass is 897 g/mol. The number of hydrogen-bond donors (Lipinski definition) is 3. The van der Waals surface area contributed by atoms with Crippen molar-refractivity contribution in [3.8, 4) is 28.5 Å². The number of fused-ring (bicyclic) bond motifs is 8. The van der Waals surface area contributed by atoms with Gasteiger partial charge in [0.15, 0.2) is 0 Å². The third kappa shape index (κ3) is 6.40. The fraction of sp³-hybridized carbons (Fsp3) is 0.293. The van der Waals surface area contributed by atoms with Gasteiger partial charge in [-0.15, -0.1) is 40.9 Å². The zero-order chi connectivity index (χ0) is 42.9. The molecular formula is C41H37F2N3O8S5. The SMILES string of the molecule is C#CCNC(=O)CSc1cc(F)cc(C2=C3C=C4c5sc(S(=O)(=O)O)cc5C(C)(C)N(C)C4(C)C=C3Oc3cc4c(cc32)-c2sc(S(=O)(=O)O)cc2C(C)(C)N4C)c1F. The summed E-state index contributed by atoms with van der Waals surface area (Å²) in [5, 5.41) is 2.51. The molecule has 11 nitrogen and oxygen atoms in total. The average Bonchev–Trinajstić information content (AvgIpc) is 3.82. The molecule has 0 spiro atoms. The molecule has 0 saturated carbocycles. The average molecular weight is 898 g/mol. The maximum atomic E-state index is 17.1. The molecule has 0 radical (unpaired) electrons. The number of anilines is 1. The molecule has 1 atom stereocenters. The van der Waals surface area contributed by atoms with E-state index >= 15 is 8.78 Å². The third-order valence-electron chi connectivity index (χ3n) is 11.9. The zero-order valence-electron chi connectivity index (χ0n) is 32.6. The van der Waals surface area contributed by atoms with Crippen LogP contribution < -0.4 is 15.0 Å². The number of terminal acetylenes is 1. The summed E-state index contributed by atoms with van der Waals surface area (Å²) in [6.07, 6.45) is 8.90. The van der Waals surface area contributed by atoms with Crippen LogP contribution in [0, 0.1) is 24.0 Å². The van der Waals surface area contributed by atoms with Crippen LogP contribution in [0.25, 0.3) is 21.6 Å². The molecular weight excluding hydrogens is 861 g/mol. The number of hydrogen-bond acceptors (Lipinski definition) is 11. The van der Waals surface area contributed by atoms with E-state index < -0.39 is 54.4 Å². The first kappa shape index (κ1) is 41.4. The van der Waals surface area contributed by atoms with Crippen molar-refractivity contribution >= 4 is 77.4 Å². The molecule has 3 N–H and O–H groups in total. The van der Waals surface area contributed by atoms with Crippen LogP contribution in [0.3, 0.4) is 0 Å². The summed E-state index contributed by atoms with van der Waals surface area (Å²) in [6, 6.07) is 8.46. The van der Waals surface area contributed by atoms with Crippen molar-refractivity contribution in [2.75, 3.05) is 31.3 Å². The summed E-state index contributed by atoms with van der Waals surface area (Å²) in [7, 11) is -5.45. The first-order valence-corrected chi connectivity index (χ1v) is 23.5. The Morgan fingerprint density at radius 1 is 0.898 bits per heavy atom. The van der Waals surface area contributed by atoms with E-state index in [-0.39, 0.29) is 36.7 Å². The van der Waals surface area contributed by atoms with Crippen molar-refractivity contribution < 1.29 is 44.3 Å². The van der Waals surface area contributed by atoms with Crippen LogP contribution in [0.1, 0.15) is 61.7 Å². The topological polar surface area (TPSA) is 154 Å². The van der Waals surface area contributed by atoms with Gasteiger partial charge in [0.2, 0.25) is 5.91 Å². The molecule has 1 aliphatic carbocycles. The van der Waals surface area contributed by atoms with E-state index in [0.717, 1.165) is 46.6 Å². The lowest BCUT2D eigenvalue weighted by Crippen LogP contribution is -2.56. The van der Waals surface area contributed by atoms with Crippen molar-refractivity contribution in [3.05, 3.63) is 98.6 Å². The number of thioether (sulfide) groups is 1. The highest BCUT2D eigenvalue weighted by atomic mass is 32.3. The molecule has 4 aliphatic rings. The maximum absolute atomic E-state index is 17.1. The second-order valence-corrected chi connectivity index (χ2v) is 22.2. The van der Waals surface area contributed by atoms with E-state index in [2.05, 4.69) is 11.2 Å². The molecule has 308 valence electrons. The van der Waals surface area contributed by atoms with Crippen molar-refractivity contribution in [3.63, 3.8) is 0 Å². The van der Waals surface area contributed by atoms with Crippen LogP contribution in [0.15, 0.2) is 73.2 Å². The lowest BCUT2D eigenvalue weighted by atomic mass is 9.71. The van der Waals surface area contributed by atoms with E-state index in [4.69, 9.17) is 11.2 Å². The van der Waals surface area contributed by atoms with Gasteiger partial charge in [0.05, 0.1) is 23.4 Å². The van der Waals surface area contributed by atoms with Gasteiger partial charge in [0.25, 0.3) is 0 Å². The normalized spacial score (nSPS) is 20.1. The number of likely N-dealkylation sites (N-methyl/N-ethyl adjacent to an activating group) is 1. The number of carbonyl (C=O) groups is 1. The maximum Gasteiger partial charge on any atom is 0.304 e. The van der Waals surface area contributed by atoms with Gasteiger partial charge in [0, 0.05) is 66.8 Å². The summed E-state index contributed by atoms with van der Waals surface area (Å²) in [4.78, 5) is 17.5. The minimum Gasteiger partial charge on any atom is -0.456 e. The molecule has 59 heavy (non-hydrogen) atoms. The number of nitrogens with one attached hydrogen (secondary N) is 1. The first-order chi connectivity index (χ1) is 27.4. The highest BCUT2D eigenvalue weighted by Gasteiger charge is 2.51. The Hall–Kier alpha value is -4.32. The smallest absolute Gasteiger partial charge is 0.304 e. The lowest BCUT2D eigenvalue weighted by molar-refractivity contribution is -0.118. The van der Waals surface area contributed by atoms with Crippen LogP contribution in [0.2, 0.25) is 0 Å². The number of amides is 1. The summed E-state index contributed by atoms with van der Waals surface area (Å²) >= 11 is 2.58. The van der Waals surface area contributed by atoms with Gasteiger partial charge in [-0.1, -0.05) is 5.92 Å². The predicted molar refractivity (Wildman–Crippen MR) is 226 cm³/mol. The Kier molecular flexibility index (Phi) is 9.54. The van der Waals surface area contributed by atoms with Gasteiger partial charge >= 0.3 is 20.2 Å².